The Kier molecular flexibility index (Phi) is 6.75. The van der Waals surface area contributed by atoms with E-state index < -0.39 is 0 Å². The Morgan fingerprint density at radius 1 is 1.12 bits per heavy atom. The second-order valence-corrected chi connectivity index (χ2v) is 8.18. The third-order valence-electron chi connectivity index (χ3n) is 4.90. The fourth-order valence-electron chi connectivity index (χ4n) is 3.35. The molecule has 0 saturated carbocycles. The summed E-state index contributed by atoms with van der Waals surface area (Å²) in [6.07, 6.45) is 2.07. The summed E-state index contributed by atoms with van der Waals surface area (Å²) in [5.74, 6) is 0.645. The highest BCUT2D eigenvalue weighted by atomic mass is 32.2. The minimum Gasteiger partial charge on any atom is -0.353 e. The number of hydrogen-bond donors (Lipinski definition) is 1. The molecule has 0 bridgehead atoms. The van der Waals surface area contributed by atoms with Gasteiger partial charge in [-0.05, 0) is 43.9 Å². The molecule has 0 aliphatic carbocycles. The lowest BCUT2D eigenvalue weighted by atomic mass is 10.0. The Morgan fingerprint density at radius 2 is 1.85 bits per heavy atom. The lowest BCUT2D eigenvalue weighted by molar-refractivity contribution is -0.119. The smallest absolute Gasteiger partial charge is 0.230 e. The largest absolute Gasteiger partial charge is 0.353 e. The maximum absolute atomic E-state index is 12.3. The molecule has 1 saturated heterocycles. The zero-order valence-electron chi connectivity index (χ0n) is 15.7. The molecular formula is C22H28N2OS. The number of piperidine rings is 1. The van der Waals surface area contributed by atoms with Crippen LogP contribution in [0, 0.1) is 13.8 Å². The molecule has 0 atom stereocenters. The van der Waals surface area contributed by atoms with E-state index >= 15 is 0 Å². The highest BCUT2D eigenvalue weighted by Crippen LogP contribution is 2.23. The van der Waals surface area contributed by atoms with E-state index in [4.69, 9.17) is 0 Å². The van der Waals surface area contributed by atoms with Crippen LogP contribution >= 0.6 is 11.8 Å². The van der Waals surface area contributed by atoms with E-state index in [1.165, 1.54) is 21.6 Å². The van der Waals surface area contributed by atoms with Crippen molar-refractivity contribution in [2.45, 2.75) is 44.2 Å². The summed E-state index contributed by atoms with van der Waals surface area (Å²) >= 11 is 1.64. The van der Waals surface area contributed by atoms with Crippen molar-refractivity contribution >= 4 is 17.7 Å². The van der Waals surface area contributed by atoms with Gasteiger partial charge in [-0.2, -0.15) is 0 Å². The lowest BCUT2D eigenvalue weighted by Gasteiger charge is -2.32. The summed E-state index contributed by atoms with van der Waals surface area (Å²) in [6.45, 7) is 7.28. The van der Waals surface area contributed by atoms with Crippen LogP contribution in [-0.4, -0.2) is 35.7 Å². The van der Waals surface area contributed by atoms with Gasteiger partial charge in [0.1, 0.15) is 0 Å². The summed E-state index contributed by atoms with van der Waals surface area (Å²) in [7, 11) is 0. The monoisotopic (exact) mass is 368 g/mol. The molecule has 1 amide bonds. The number of nitrogens with zero attached hydrogens (tertiary/aromatic N) is 1. The average molecular weight is 369 g/mol. The first kappa shape index (κ1) is 19.0. The molecule has 4 heteroatoms. The van der Waals surface area contributed by atoms with E-state index in [0.717, 1.165) is 32.5 Å². The maximum atomic E-state index is 12.3. The van der Waals surface area contributed by atoms with Crippen LogP contribution in [0.2, 0.25) is 0 Å². The number of amides is 1. The number of thioether (sulfide) groups is 1. The van der Waals surface area contributed by atoms with Crippen molar-refractivity contribution in [3.05, 3.63) is 65.2 Å². The average Bonchev–Trinajstić information content (AvgIpc) is 2.65. The molecule has 3 nitrogen and oxygen atoms in total. The first-order valence-corrected chi connectivity index (χ1v) is 10.3. The molecule has 1 N–H and O–H groups in total. The first-order valence-electron chi connectivity index (χ1n) is 9.36. The molecule has 138 valence electrons. The van der Waals surface area contributed by atoms with Crippen LogP contribution in [0.15, 0.2) is 53.4 Å². The van der Waals surface area contributed by atoms with Gasteiger partial charge in [-0.3, -0.25) is 9.69 Å². The Morgan fingerprint density at radius 3 is 2.58 bits per heavy atom. The van der Waals surface area contributed by atoms with Crippen LogP contribution in [0.4, 0.5) is 0 Å². The van der Waals surface area contributed by atoms with Crippen molar-refractivity contribution in [2.24, 2.45) is 0 Å². The molecule has 2 aromatic rings. The fraction of sp³-hybridized carbons (Fsp3) is 0.409. The minimum absolute atomic E-state index is 0.150. The number of aryl methyl sites for hydroxylation is 2. The second-order valence-electron chi connectivity index (χ2n) is 7.16. The number of hydrogen-bond acceptors (Lipinski definition) is 3. The van der Waals surface area contributed by atoms with E-state index in [1.807, 2.05) is 0 Å². The van der Waals surface area contributed by atoms with Crippen molar-refractivity contribution < 1.29 is 4.79 Å². The molecule has 1 fully saturated rings. The molecule has 0 spiro atoms. The predicted molar refractivity (Wildman–Crippen MR) is 110 cm³/mol. The summed E-state index contributed by atoms with van der Waals surface area (Å²) in [5, 5.41) is 3.22. The van der Waals surface area contributed by atoms with Crippen LogP contribution in [0.3, 0.4) is 0 Å². The second kappa shape index (κ2) is 9.24. The van der Waals surface area contributed by atoms with Gasteiger partial charge < -0.3 is 5.32 Å². The molecule has 2 aromatic carbocycles. The number of benzene rings is 2. The third-order valence-corrected chi connectivity index (χ3v) is 6.06. The van der Waals surface area contributed by atoms with Crippen LogP contribution in [0.1, 0.15) is 29.5 Å². The van der Waals surface area contributed by atoms with E-state index in [2.05, 4.69) is 72.6 Å². The molecule has 1 aliphatic heterocycles. The Bertz CT molecular complexity index is 724. The molecule has 0 radical (unpaired) electrons. The SMILES string of the molecule is Cc1ccc(C)c(SCC(=O)NC2CCN(Cc3ccccc3)CC2)c1. The van der Waals surface area contributed by atoms with Crippen molar-refractivity contribution in [3.63, 3.8) is 0 Å². The van der Waals surface area contributed by atoms with Gasteiger partial charge in [0, 0.05) is 30.6 Å². The molecule has 3 rings (SSSR count). The van der Waals surface area contributed by atoms with E-state index in [0.29, 0.717) is 11.8 Å². The maximum Gasteiger partial charge on any atom is 0.230 e. The topological polar surface area (TPSA) is 32.3 Å². The van der Waals surface area contributed by atoms with Crippen molar-refractivity contribution in [1.29, 1.82) is 0 Å². The standard InChI is InChI=1S/C22H28N2OS/c1-17-8-9-18(2)21(14-17)26-16-22(25)23-20-10-12-24(13-11-20)15-19-6-4-3-5-7-19/h3-9,14,20H,10-13,15-16H2,1-2H3,(H,23,25). The fourth-order valence-corrected chi connectivity index (χ4v) is 4.29. The highest BCUT2D eigenvalue weighted by molar-refractivity contribution is 8.00. The molecular weight excluding hydrogens is 340 g/mol. The van der Waals surface area contributed by atoms with Gasteiger partial charge in [-0.15, -0.1) is 11.8 Å². The van der Waals surface area contributed by atoms with Gasteiger partial charge >= 0.3 is 0 Å². The van der Waals surface area contributed by atoms with Crippen molar-refractivity contribution in [1.82, 2.24) is 10.2 Å². The van der Waals surface area contributed by atoms with Crippen molar-refractivity contribution in [3.8, 4) is 0 Å². The van der Waals surface area contributed by atoms with Crippen LogP contribution < -0.4 is 5.32 Å². The summed E-state index contributed by atoms with van der Waals surface area (Å²) in [5.41, 5.74) is 3.84. The number of likely N-dealkylation sites (tertiary alicyclic amines) is 1. The Balaban J connectivity index is 1.40. The van der Waals surface area contributed by atoms with Crippen molar-refractivity contribution in [2.75, 3.05) is 18.8 Å². The highest BCUT2D eigenvalue weighted by Gasteiger charge is 2.20. The normalized spacial score (nSPS) is 15.8. The van der Waals surface area contributed by atoms with E-state index in [9.17, 15) is 4.79 Å². The summed E-state index contributed by atoms with van der Waals surface area (Å²) < 4.78 is 0. The van der Waals surface area contributed by atoms with Crippen LogP contribution in [0.5, 0.6) is 0 Å². The number of rotatable bonds is 6. The summed E-state index contributed by atoms with van der Waals surface area (Å²) in [4.78, 5) is 16.0. The van der Waals surface area contributed by atoms with Gasteiger partial charge in [0.25, 0.3) is 0 Å². The number of carbonyl (C=O) groups is 1. The molecule has 0 unspecified atom stereocenters. The molecule has 26 heavy (non-hydrogen) atoms. The van der Waals surface area contributed by atoms with Gasteiger partial charge in [-0.25, -0.2) is 0 Å². The van der Waals surface area contributed by atoms with Crippen LogP contribution in [0.25, 0.3) is 0 Å². The van der Waals surface area contributed by atoms with Gasteiger partial charge in [0.05, 0.1) is 5.75 Å². The predicted octanol–water partition coefficient (Wildman–Crippen LogP) is 4.18. The Hall–Kier alpha value is -1.78. The molecule has 1 heterocycles. The summed E-state index contributed by atoms with van der Waals surface area (Å²) in [6, 6.07) is 17.3. The minimum atomic E-state index is 0.150. The lowest BCUT2D eigenvalue weighted by Crippen LogP contribution is -2.44. The van der Waals surface area contributed by atoms with Gasteiger partial charge in [-0.1, -0.05) is 48.0 Å². The zero-order valence-corrected chi connectivity index (χ0v) is 16.5. The van der Waals surface area contributed by atoms with Gasteiger partial charge in [0.15, 0.2) is 0 Å². The zero-order chi connectivity index (χ0) is 18.4. The Labute approximate surface area is 161 Å². The van der Waals surface area contributed by atoms with Crippen LogP contribution in [-0.2, 0) is 11.3 Å². The quantitative estimate of drug-likeness (QED) is 0.777. The van der Waals surface area contributed by atoms with Gasteiger partial charge in [0.2, 0.25) is 5.91 Å². The number of nitrogens with one attached hydrogen (secondary N) is 1. The number of carbonyl (C=O) groups excluding carboxylic acids is 1. The molecule has 1 aliphatic rings. The third kappa shape index (κ3) is 5.61. The first-order chi connectivity index (χ1) is 12.6. The van der Waals surface area contributed by atoms with E-state index in [-0.39, 0.29) is 5.91 Å². The van der Waals surface area contributed by atoms with E-state index in [1.54, 1.807) is 11.8 Å². The molecule has 0 aromatic heterocycles.